The van der Waals surface area contributed by atoms with Crippen LogP contribution in [0.15, 0.2) is 36.7 Å². The fourth-order valence-electron chi connectivity index (χ4n) is 6.71. The number of aromatic nitrogens is 5. The molecule has 6 bridgehead atoms. The van der Waals surface area contributed by atoms with Crippen molar-refractivity contribution in [3.63, 3.8) is 0 Å². The quantitative estimate of drug-likeness (QED) is 0.158. The van der Waals surface area contributed by atoms with Gasteiger partial charge in [0.25, 0.3) is 0 Å². The standard InChI is InChI=1S/C42H54N5O6.2Ac.Gd.2H2O/c1-7-30-31(8-2)35-23-37-33(12-10-14-49)29(5)41(47-37)26-44-39-24-42(53-20-19-52-18-17-51-16-15-50-6)27(3)21-38(39)43-25-40-28(4)32(11-9-13-48)36(46-40)22-34(30)45-35;;;;;/h21-26,48-49H,7-20H2,1-6H3;;;;2*1H2/q-1;;;;;. The molecule has 1 aromatic carbocycles. The van der Waals surface area contributed by atoms with Gasteiger partial charge < -0.3 is 45.1 Å². The van der Waals surface area contributed by atoms with Gasteiger partial charge in [0.1, 0.15) is 12.4 Å². The first-order chi connectivity index (χ1) is 25.8. The van der Waals surface area contributed by atoms with Crippen LogP contribution in [-0.2, 0) is 27.1 Å². The van der Waals surface area contributed by atoms with Gasteiger partial charge in [-0.3, -0.25) is 9.97 Å². The molecule has 2 radical (unpaired) electrons. The average Bonchev–Trinajstić information content (AvgIpc) is 3.75. The van der Waals surface area contributed by atoms with Gasteiger partial charge in [0.2, 0.25) is 0 Å². The monoisotopic (exact) mass is 1370 g/mol. The first-order valence-corrected chi connectivity index (χ1v) is 18.7. The van der Waals surface area contributed by atoms with Gasteiger partial charge in [-0.25, -0.2) is 9.97 Å². The average molecular weight is 1370 g/mol. The summed E-state index contributed by atoms with van der Waals surface area (Å²) in [6.45, 7) is 13.5. The number of nitrogens with zero attached hydrogens (tertiary/aromatic N) is 5. The number of rotatable bonds is 18. The van der Waals surface area contributed by atoms with Gasteiger partial charge in [-0.05, 0) is 93.2 Å². The van der Waals surface area contributed by atoms with E-state index in [1.54, 1.807) is 19.5 Å². The Bertz CT molecular complexity index is 2030. The van der Waals surface area contributed by atoms with Crippen LogP contribution in [0.2, 0.25) is 0 Å². The molecule has 58 heavy (non-hydrogen) atoms. The molecule has 314 valence electrons. The second kappa shape index (κ2) is 30.0. The molecule has 0 amide bonds. The summed E-state index contributed by atoms with van der Waals surface area (Å²) in [6, 6.07) is 8.06. The molecule has 0 aliphatic carbocycles. The van der Waals surface area contributed by atoms with E-state index in [4.69, 9.17) is 43.9 Å². The van der Waals surface area contributed by atoms with Gasteiger partial charge in [-0.15, -0.1) is 11.0 Å². The molecule has 0 unspecified atom stereocenters. The molecule has 2 aliphatic rings. The summed E-state index contributed by atoms with van der Waals surface area (Å²) >= 11 is 0. The molecule has 0 atom stereocenters. The van der Waals surface area contributed by atoms with Crippen molar-refractivity contribution in [2.24, 2.45) is 0 Å². The van der Waals surface area contributed by atoms with E-state index in [1.807, 2.05) is 19.1 Å². The van der Waals surface area contributed by atoms with Gasteiger partial charge in [0, 0.05) is 154 Å². The van der Waals surface area contributed by atoms with Gasteiger partial charge in [-0.1, -0.05) is 37.1 Å². The topological polar surface area (TPSA) is 206 Å². The molecule has 16 heteroatoms. The third-order valence-corrected chi connectivity index (χ3v) is 9.63. The molecule has 2 aliphatic heterocycles. The van der Waals surface area contributed by atoms with Crippen molar-refractivity contribution in [1.82, 2.24) is 24.9 Å². The summed E-state index contributed by atoms with van der Waals surface area (Å²) in [5.74, 6) is 0.689. The summed E-state index contributed by atoms with van der Waals surface area (Å²) in [7, 11) is 1.65. The van der Waals surface area contributed by atoms with Crippen LogP contribution in [0.3, 0.4) is 0 Å². The Morgan fingerprint density at radius 1 is 0.621 bits per heavy atom. The van der Waals surface area contributed by atoms with E-state index in [2.05, 4.69) is 39.8 Å². The molecule has 6 N–H and O–H groups in total. The number of fused-ring (bicyclic) bond motifs is 7. The molecule has 13 nitrogen and oxygen atoms in total. The van der Waals surface area contributed by atoms with Crippen LogP contribution in [0, 0.1) is 135 Å². The number of hydrogen-bond acceptors (Lipinski definition) is 10. The third kappa shape index (κ3) is 15.3. The molecule has 0 fully saturated rings. The summed E-state index contributed by atoms with van der Waals surface area (Å²) in [4.78, 5) is 25.3. The van der Waals surface area contributed by atoms with Crippen LogP contribution in [0.5, 0.6) is 5.75 Å². The maximum absolute atomic E-state index is 9.75. The Hall–Kier alpha value is -0.132. The number of benzene rings is 1. The summed E-state index contributed by atoms with van der Waals surface area (Å²) in [6.07, 6.45) is 7.89. The van der Waals surface area contributed by atoms with E-state index in [1.165, 1.54) is 11.1 Å². The fraction of sp³-hybridized carbons (Fsp3) is 0.476. The van der Waals surface area contributed by atoms with Crippen molar-refractivity contribution >= 4 is 44.4 Å². The van der Waals surface area contributed by atoms with E-state index in [0.29, 0.717) is 82.1 Å². The van der Waals surface area contributed by atoms with Crippen molar-refractivity contribution in [1.29, 1.82) is 0 Å². The van der Waals surface area contributed by atoms with Crippen LogP contribution in [0.25, 0.3) is 44.4 Å². The fourth-order valence-corrected chi connectivity index (χ4v) is 6.71. The maximum Gasteiger partial charge on any atom is 0.124 e. The zero-order valence-corrected chi connectivity index (χ0v) is 46.4. The molecule has 5 rings (SSSR count). The smallest absolute Gasteiger partial charge is 0.124 e. The summed E-state index contributed by atoms with van der Waals surface area (Å²) < 4.78 is 22.3. The van der Waals surface area contributed by atoms with Crippen molar-refractivity contribution in [2.75, 3.05) is 60.0 Å². The Morgan fingerprint density at radius 2 is 1.07 bits per heavy atom. The minimum Gasteiger partial charge on any atom is -0.657 e. The Morgan fingerprint density at radius 3 is 1.52 bits per heavy atom. The molecule has 3 aromatic rings. The minimum atomic E-state index is 0. The van der Waals surface area contributed by atoms with Gasteiger partial charge in [-0.2, -0.15) is 0 Å². The van der Waals surface area contributed by atoms with Gasteiger partial charge in [0.05, 0.1) is 79.2 Å². The summed E-state index contributed by atoms with van der Waals surface area (Å²) in [5.41, 5.74) is 13.8. The second-order valence-electron chi connectivity index (χ2n) is 13.1. The van der Waals surface area contributed by atoms with Crippen LogP contribution in [0.4, 0.5) is 0 Å². The number of allylic oxidation sites excluding steroid dienone is 4. The van der Waals surface area contributed by atoms with E-state index >= 15 is 0 Å². The number of aliphatic hydroxyl groups excluding tert-OH is 2. The molecular weight excluding hydrogens is 1310 g/mol. The van der Waals surface area contributed by atoms with Gasteiger partial charge >= 0.3 is 0 Å². The predicted molar refractivity (Wildman–Crippen MR) is 217 cm³/mol. The van der Waals surface area contributed by atoms with E-state index in [0.717, 1.165) is 74.5 Å². The normalized spacial score (nSPS) is 11.8. The first-order valence-electron chi connectivity index (χ1n) is 18.7. The first kappa shape index (κ1) is 57.9. The summed E-state index contributed by atoms with van der Waals surface area (Å²) in [5, 5.41) is 19.5. The molecule has 2 aromatic heterocycles. The van der Waals surface area contributed by atoms with Crippen LogP contribution >= 0.6 is 0 Å². The van der Waals surface area contributed by atoms with Crippen molar-refractivity contribution in [3.05, 3.63) is 76.1 Å². The number of ether oxygens (including phenoxy) is 4. The Kier molecular flexibility index (Phi) is 30.0. The number of aryl methyl sites for hydroxylation is 3. The van der Waals surface area contributed by atoms with Crippen molar-refractivity contribution < 1.29 is 168 Å². The maximum atomic E-state index is 9.75. The molecule has 0 saturated carbocycles. The number of methoxy groups -OCH3 is 1. The molecule has 0 spiro atoms. The van der Waals surface area contributed by atoms with Gasteiger partial charge in [0.15, 0.2) is 0 Å². The van der Waals surface area contributed by atoms with E-state index in [-0.39, 0.29) is 152 Å². The Balaban J connectivity index is 0.00000650. The largest absolute Gasteiger partial charge is 0.657 e. The SMILES string of the molecule is CCc1c(CC)c2cc3nc(cnc4cc(OCCOCCOCCOC)c(C)cc4ncc4nc(cc1[n-]2)C(CCCO)=C4C)C(C)=C3CCCO.O.O.[Ac].[Ac].[Gd]. The second-order valence-corrected chi connectivity index (χ2v) is 13.1. The number of aliphatic hydroxyl groups is 2. The minimum absolute atomic E-state index is 0. The van der Waals surface area contributed by atoms with Crippen LogP contribution in [-0.4, -0.2) is 101 Å². The predicted octanol–water partition coefficient (Wildman–Crippen LogP) is 5.22. The zero-order valence-electron chi connectivity index (χ0n) is 34.6. The van der Waals surface area contributed by atoms with E-state index < -0.39 is 0 Å². The van der Waals surface area contributed by atoms with Crippen molar-refractivity contribution in [2.45, 2.75) is 73.1 Å². The molecule has 4 heterocycles. The number of hydrogen-bond donors (Lipinski definition) is 2. The van der Waals surface area contributed by atoms with Crippen molar-refractivity contribution in [3.8, 4) is 5.75 Å². The van der Waals surface area contributed by atoms with E-state index in [9.17, 15) is 10.2 Å². The molecular formula is C42H58Ac2GdN5O8-. The molecule has 0 saturated heterocycles. The zero-order chi connectivity index (χ0) is 37.7. The van der Waals surface area contributed by atoms with Crippen LogP contribution in [0.1, 0.15) is 92.8 Å². The third-order valence-electron chi connectivity index (χ3n) is 9.63. The Labute approximate surface area is 446 Å². The van der Waals surface area contributed by atoms with Crippen LogP contribution < -0.4 is 9.72 Å².